The van der Waals surface area contributed by atoms with E-state index in [2.05, 4.69) is 0 Å². The van der Waals surface area contributed by atoms with Gasteiger partial charge in [0.05, 0.1) is 6.61 Å². The number of ketones is 1. The van der Waals surface area contributed by atoms with Crippen LogP contribution in [-0.2, 0) is 14.3 Å². The number of rotatable bonds is 5. The fraction of sp³-hybridized carbons (Fsp3) is 0.385. The van der Waals surface area contributed by atoms with Gasteiger partial charge in [-0.3, -0.25) is 9.59 Å². The van der Waals surface area contributed by atoms with Crippen molar-refractivity contribution in [2.24, 2.45) is 0 Å². The summed E-state index contributed by atoms with van der Waals surface area (Å²) >= 11 is 0. The van der Waals surface area contributed by atoms with Crippen molar-refractivity contribution in [2.45, 2.75) is 26.2 Å². The van der Waals surface area contributed by atoms with Gasteiger partial charge in [-0.2, -0.15) is 0 Å². The van der Waals surface area contributed by atoms with E-state index in [4.69, 9.17) is 4.74 Å². The third-order valence-corrected chi connectivity index (χ3v) is 2.41. The summed E-state index contributed by atoms with van der Waals surface area (Å²) in [7, 11) is 0. The van der Waals surface area contributed by atoms with Crippen LogP contribution in [0.5, 0.6) is 0 Å². The van der Waals surface area contributed by atoms with E-state index in [9.17, 15) is 9.59 Å². The molecular weight excluding hydrogens is 204 g/mol. The molecule has 0 aliphatic carbocycles. The lowest BCUT2D eigenvalue weighted by Crippen LogP contribution is -2.16. The lowest BCUT2D eigenvalue weighted by molar-refractivity contribution is -0.145. The summed E-state index contributed by atoms with van der Waals surface area (Å²) in [6.45, 7) is 3.84. The third kappa shape index (κ3) is 3.50. The molecule has 3 heteroatoms. The van der Waals surface area contributed by atoms with Crippen molar-refractivity contribution in [3.63, 3.8) is 0 Å². The predicted octanol–water partition coefficient (Wildman–Crippen LogP) is 2.31. The highest BCUT2D eigenvalue weighted by Gasteiger charge is 2.18. The van der Waals surface area contributed by atoms with Crippen LogP contribution in [0.2, 0.25) is 0 Å². The molecule has 1 atom stereocenters. The molecule has 1 unspecified atom stereocenters. The highest BCUT2D eigenvalue weighted by Crippen LogP contribution is 2.17. The van der Waals surface area contributed by atoms with E-state index in [0.717, 1.165) is 5.56 Å². The minimum absolute atomic E-state index is 0.107. The summed E-state index contributed by atoms with van der Waals surface area (Å²) in [5.41, 5.74) is 0.928. The summed E-state index contributed by atoms with van der Waals surface area (Å²) in [5, 5.41) is 0. The number of ether oxygens (including phenoxy) is 1. The second-order valence-electron chi connectivity index (χ2n) is 3.58. The van der Waals surface area contributed by atoms with Crippen LogP contribution < -0.4 is 0 Å². The number of carbonyl (C=O) groups is 2. The van der Waals surface area contributed by atoms with Crippen molar-refractivity contribution < 1.29 is 14.3 Å². The number of carbonyl (C=O) groups excluding carboxylic acids is 2. The Bertz CT molecular complexity index is 357. The maximum Gasteiger partial charge on any atom is 0.313 e. The molecule has 0 bridgehead atoms. The second-order valence-corrected chi connectivity index (χ2v) is 3.58. The minimum atomic E-state index is -0.449. The largest absolute Gasteiger partial charge is 0.466 e. The van der Waals surface area contributed by atoms with Crippen LogP contribution in [0.15, 0.2) is 30.3 Å². The third-order valence-electron chi connectivity index (χ3n) is 2.41. The number of benzene rings is 1. The Morgan fingerprint density at radius 1 is 1.25 bits per heavy atom. The maximum atomic E-state index is 11.7. The topological polar surface area (TPSA) is 43.4 Å². The van der Waals surface area contributed by atoms with Crippen molar-refractivity contribution in [3.8, 4) is 0 Å². The highest BCUT2D eigenvalue weighted by atomic mass is 16.5. The molecule has 0 saturated carbocycles. The Morgan fingerprint density at radius 3 is 2.44 bits per heavy atom. The normalized spacial score (nSPS) is 11.9. The molecule has 0 fully saturated rings. The quantitative estimate of drug-likeness (QED) is 0.565. The summed E-state index contributed by atoms with van der Waals surface area (Å²) < 4.78 is 4.74. The molecule has 1 rings (SSSR count). The summed E-state index contributed by atoms with van der Waals surface area (Å²) in [5.74, 6) is -0.814. The molecule has 0 spiro atoms. The first kappa shape index (κ1) is 12.4. The molecule has 1 aromatic carbocycles. The van der Waals surface area contributed by atoms with E-state index in [1.54, 1.807) is 13.8 Å². The first-order valence-corrected chi connectivity index (χ1v) is 5.38. The molecule has 0 N–H and O–H groups in total. The molecule has 1 aromatic rings. The Balaban J connectivity index is 2.58. The molecular formula is C13H16O3. The van der Waals surface area contributed by atoms with E-state index in [-0.39, 0.29) is 18.1 Å². The van der Waals surface area contributed by atoms with Gasteiger partial charge in [0.25, 0.3) is 0 Å². The van der Waals surface area contributed by atoms with Crippen molar-refractivity contribution in [2.75, 3.05) is 6.61 Å². The van der Waals surface area contributed by atoms with Gasteiger partial charge in [0.1, 0.15) is 6.42 Å². The average molecular weight is 220 g/mol. The monoisotopic (exact) mass is 220 g/mol. The lowest BCUT2D eigenvalue weighted by atomic mass is 9.95. The molecule has 0 aromatic heterocycles. The van der Waals surface area contributed by atoms with Gasteiger partial charge in [-0.05, 0) is 12.5 Å². The van der Waals surface area contributed by atoms with Crippen molar-refractivity contribution >= 4 is 11.8 Å². The molecule has 16 heavy (non-hydrogen) atoms. The van der Waals surface area contributed by atoms with E-state index in [1.165, 1.54) is 0 Å². The van der Waals surface area contributed by atoms with Gasteiger partial charge in [-0.15, -0.1) is 0 Å². The van der Waals surface area contributed by atoms with Gasteiger partial charge in [-0.25, -0.2) is 0 Å². The van der Waals surface area contributed by atoms with Gasteiger partial charge in [-0.1, -0.05) is 37.3 Å². The van der Waals surface area contributed by atoms with Crippen LogP contribution in [0.3, 0.4) is 0 Å². The maximum absolute atomic E-state index is 11.7. The molecule has 0 aliphatic rings. The van der Waals surface area contributed by atoms with Gasteiger partial charge < -0.3 is 4.74 Å². The van der Waals surface area contributed by atoms with Crippen LogP contribution in [0.4, 0.5) is 0 Å². The second kappa shape index (κ2) is 6.05. The Hall–Kier alpha value is -1.64. The number of esters is 1. The van der Waals surface area contributed by atoms with Crippen molar-refractivity contribution in [3.05, 3.63) is 35.9 Å². The molecule has 0 heterocycles. The van der Waals surface area contributed by atoms with Crippen LogP contribution >= 0.6 is 0 Å². The standard InChI is InChI=1S/C13H16O3/c1-3-16-13(15)9-12(14)10(2)11-7-5-4-6-8-11/h4-8,10H,3,9H2,1-2H3. The lowest BCUT2D eigenvalue weighted by Gasteiger charge is -2.09. The molecule has 0 radical (unpaired) electrons. The Labute approximate surface area is 95.4 Å². The molecule has 3 nitrogen and oxygen atoms in total. The van der Waals surface area contributed by atoms with Crippen molar-refractivity contribution in [1.29, 1.82) is 0 Å². The minimum Gasteiger partial charge on any atom is -0.466 e. The summed E-state index contributed by atoms with van der Waals surface area (Å²) in [4.78, 5) is 22.9. The number of Topliss-reactive ketones (excluding diaryl/α,β-unsaturated/α-hetero) is 1. The zero-order valence-electron chi connectivity index (χ0n) is 9.60. The predicted molar refractivity (Wildman–Crippen MR) is 61.1 cm³/mol. The fourth-order valence-electron chi connectivity index (χ4n) is 1.43. The van der Waals surface area contributed by atoms with E-state index in [1.807, 2.05) is 30.3 Å². The first-order valence-electron chi connectivity index (χ1n) is 5.38. The first-order chi connectivity index (χ1) is 7.65. The Morgan fingerprint density at radius 2 is 1.88 bits per heavy atom. The van der Waals surface area contributed by atoms with Crippen molar-refractivity contribution in [1.82, 2.24) is 0 Å². The number of hydrogen-bond donors (Lipinski definition) is 0. The Kier molecular flexibility index (Phi) is 4.70. The van der Waals surface area contributed by atoms with Crippen LogP contribution in [0.25, 0.3) is 0 Å². The SMILES string of the molecule is CCOC(=O)CC(=O)C(C)c1ccccc1. The molecule has 86 valence electrons. The number of hydrogen-bond acceptors (Lipinski definition) is 3. The van der Waals surface area contributed by atoms with E-state index >= 15 is 0 Å². The van der Waals surface area contributed by atoms with Crippen LogP contribution in [0, 0.1) is 0 Å². The molecule has 0 saturated heterocycles. The van der Waals surface area contributed by atoms with E-state index in [0.29, 0.717) is 6.61 Å². The highest BCUT2D eigenvalue weighted by molar-refractivity contribution is 5.98. The molecule has 0 aliphatic heterocycles. The fourth-order valence-corrected chi connectivity index (χ4v) is 1.43. The van der Waals surface area contributed by atoms with Gasteiger partial charge in [0.15, 0.2) is 5.78 Å². The van der Waals surface area contributed by atoms with Gasteiger partial charge >= 0.3 is 5.97 Å². The van der Waals surface area contributed by atoms with E-state index < -0.39 is 5.97 Å². The smallest absolute Gasteiger partial charge is 0.313 e. The van der Waals surface area contributed by atoms with Gasteiger partial charge in [0.2, 0.25) is 0 Å². The average Bonchev–Trinajstić information content (AvgIpc) is 2.29. The zero-order chi connectivity index (χ0) is 12.0. The van der Waals surface area contributed by atoms with Crippen LogP contribution in [-0.4, -0.2) is 18.4 Å². The van der Waals surface area contributed by atoms with Crippen LogP contribution in [0.1, 0.15) is 31.7 Å². The summed E-state index contributed by atoms with van der Waals surface area (Å²) in [6.07, 6.45) is -0.149. The molecule has 0 amide bonds. The zero-order valence-corrected chi connectivity index (χ0v) is 9.60. The summed E-state index contributed by atoms with van der Waals surface area (Å²) in [6, 6.07) is 9.42. The van der Waals surface area contributed by atoms with Gasteiger partial charge in [0, 0.05) is 5.92 Å².